The third kappa shape index (κ3) is 3.67. The third-order valence-electron chi connectivity index (χ3n) is 4.86. The van der Waals surface area contributed by atoms with Crippen LogP contribution in [0.5, 0.6) is 17.2 Å². The summed E-state index contributed by atoms with van der Waals surface area (Å²) in [5.41, 5.74) is 2.85. The average Bonchev–Trinajstić information content (AvgIpc) is 3.19. The lowest BCUT2D eigenvalue weighted by molar-refractivity contribution is 0.103. The summed E-state index contributed by atoms with van der Waals surface area (Å²) in [6.45, 7) is 0. The van der Waals surface area contributed by atoms with Crippen LogP contribution < -0.4 is 19.5 Å². The van der Waals surface area contributed by atoms with Crippen LogP contribution in [0.2, 0.25) is 0 Å². The Labute approximate surface area is 174 Å². The zero-order chi connectivity index (χ0) is 21.1. The van der Waals surface area contributed by atoms with E-state index >= 15 is 0 Å². The summed E-state index contributed by atoms with van der Waals surface area (Å²) >= 11 is 0. The van der Waals surface area contributed by atoms with E-state index in [1.165, 1.54) is 21.3 Å². The molecule has 0 aliphatic rings. The standard InChI is InChI=1S/C24H22N2O4/c1-28-20-12-17(13-21(29-2)24(20)30-3)23(27)16-8-6-9-18(11-16)25-22-14-15-7-4-5-10-19(15)26-22/h4-14,25-26H,1-3H3. The first kappa shape index (κ1) is 19.4. The van der Waals surface area contributed by atoms with Crippen molar-refractivity contribution in [3.8, 4) is 17.2 Å². The molecule has 0 radical (unpaired) electrons. The highest BCUT2D eigenvalue weighted by Gasteiger charge is 2.18. The number of aromatic nitrogens is 1. The minimum atomic E-state index is -0.144. The molecule has 30 heavy (non-hydrogen) atoms. The molecule has 4 rings (SSSR count). The Morgan fingerprint density at radius 2 is 1.53 bits per heavy atom. The van der Waals surface area contributed by atoms with E-state index in [4.69, 9.17) is 14.2 Å². The van der Waals surface area contributed by atoms with Crippen molar-refractivity contribution < 1.29 is 19.0 Å². The third-order valence-corrected chi connectivity index (χ3v) is 4.86. The van der Waals surface area contributed by atoms with Crippen LogP contribution in [0.4, 0.5) is 11.5 Å². The highest BCUT2D eigenvalue weighted by Crippen LogP contribution is 2.38. The van der Waals surface area contributed by atoms with Crippen molar-refractivity contribution in [2.24, 2.45) is 0 Å². The van der Waals surface area contributed by atoms with Crippen molar-refractivity contribution in [1.82, 2.24) is 4.98 Å². The van der Waals surface area contributed by atoms with E-state index in [0.717, 1.165) is 22.4 Å². The summed E-state index contributed by atoms with van der Waals surface area (Å²) in [4.78, 5) is 16.5. The molecule has 0 bridgehead atoms. The number of para-hydroxylation sites is 1. The van der Waals surface area contributed by atoms with Crippen molar-refractivity contribution >= 4 is 28.2 Å². The second kappa shape index (κ2) is 8.21. The molecule has 152 valence electrons. The molecule has 4 aromatic rings. The number of hydrogen-bond acceptors (Lipinski definition) is 5. The molecule has 0 aliphatic carbocycles. The smallest absolute Gasteiger partial charge is 0.203 e. The lowest BCUT2D eigenvalue weighted by Crippen LogP contribution is -2.04. The lowest BCUT2D eigenvalue weighted by atomic mass is 10.0. The van der Waals surface area contributed by atoms with Crippen LogP contribution in [0.25, 0.3) is 10.9 Å². The van der Waals surface area contributed by atoms with Crippen LogP contribution in [0.15, 0.2) is 66.7 Å². The van der Waals surface area contributed by atoms with Gasteiger partial charge in [0.15, 0.2) is 17.3 Å². The lowest BCUT2D eigenvalue weighted by Gasteiger charge is -2.14. The Morgan fingerprint density at radius 3 is 2.20 bits per heavy atom. The minimum absolute atomic E-state index is 0.144. The molecule has 0 amide bonds. The Bertz CT molecular complexity index is 1150. The van der Waals surface area contributed by atoms with Crippen molar-refractivity contribution in [2.75, 3.05) is 26.6 Å². The average molecular weight is 402 g/mol. The van der Waals surface area contributed by atoms with Crippen LogP contribution in [0.1, 0.15) is 15.9 Å². The van der Waals surface area contributed by atoms with Gasteiger partial charge in [-0.3, -0.25) is 4.79 Å². The van der Waals surface area contributed by atoms with E-state index in [2.05, 4.69) is 10.3 Å². The summed E-state index contributed by atoms with van der Waals surface area (Å²) in [6.07, 6.45) is 0. The topological polar surface area (TPSA) is 72.6 Å². The molecule has 0 unspecified atom stereocenters. The second-order valence-corrected chi connectivity index (χ2v) is 6.72. The first-order chi connectivity index (χ1) is 14.6. The summed E-state index contributed by atoms with van der Waals surface area (Å²) < 4.78 is 16.1. The van der Waals surface area contributed by atoms with Gasteiger partial charge in [-0.1, -0.05) is 30.3 Å². The van der Waals surface area contributed by atoms with Crippen LogP contribution in [0, 0.1) is 0 Å². The zero-order valence-electron chi connectivity index (χ0n) is 17.0. The van der Waals surface area contributed by atoms with E-state index in [1.54, 1.807) is 18.2 Å². The van der Waals surface area contributed by atoms with E-state index in [9.17, 15) is 4.79 Å². The number of nitrogens with one attached hydrogen (secondary N) is 2. The largest absolute Gasteiger partial charge is 0.493 e. The molecule has 0 aliphatic heterocycles. The number of carbonyl (C=O) groups excluding carboxylic acids is 1. The fourth-order valence-corrected chi connectivity index (χ4v) is 3.41. The first-order valence-electron chi connectivity index (χ1n) is 9.42. The molecule has 6 heteroatoms. The van der Waals surface area contributed by atoms with Gasteiger partial charge in [-0.05, 0) is 36.4 Å². The molecule has 0 atom stereocenters. The molecule has 3 aromatic carbocycles. The number of fused-ring (bicyclic) bond motifs is 1. The molecule has 6 nitrogen and oxygen atoms in total. The molecule has 0 fully saturated rings. The van der Waals surface area contributed by atoms with E-state index in [1.807, 2.05) is 48.5 Å². The molecule has 0 saturated carbocycles. The van der Waals surface area contributed by atoms with E-state index < -0.39 is 0 Å². The van der Waals surface area contributed by atoms with Crippen molar-refractivity contribution in [2.45, 2.75) is 0 Å². The number of ether oxygens (including phenoxy) is 3. The Kier molecular flexibility index (Phi) is 5.30. The Morgan fingerprint density at radius 1 is 0.800 bits per heavy atom. The number of methoxy groups -OCH3 is 3. The second-order valence-electron chi connectivity index (χ2n) is 6.72. The molecule has 1 aromatic heterocycles. The van der Waals surface area contributed by atoms with Gasteiger partial charge in [0.1, 0.15) is 5.82 Å². The summed E-state index contributed by atoms with van der Waals surface area (Å²) in [7, 11) is 4.58. The number of aromatic amines is 1. The normalized spacial score (nSPS) is 10.6. The van der Waals surface area contributed by atoms with Gasteiger partial charge in [-0.15, -0.1) is 0 Å². The van der Waals surface area contributed by atoms with Crippen molar-refractivity contribution in [1.29, 1.82) is 0 Å². The van der Waals surface area contributed by atoms with Gasteiger partial charge >= 0.3 is 0 Å². The van der Waals surface area contributed by atoms with Gasteiger partial charge in [0.05, 0.1) is 21.3 Å². The molecular weight excluding hydrogens is 380 g/mol. The number of hydrogen-bond donors (Lipinski definition) is 2. The Balaban J connectivity index is 1.64. The van der Waals surface area contributed by atoms with Crippen LogP contribution in [-0.4, -0.2) is 32.1 Å². The number of ketones is 1. The predicted octanol–water partition coefficient (Wildman–Crippen LogP) is 5.17. The first-order valence-corrected chi connectivity index (χ1v) is 9.42. The maximum absolute atomic E-state index is 13.1. The molecular formula is C24H22N2O4. The molecule has 2 N–H and O–H groups in total. The van der Waals surface area contributed by atoms with Crippen LogP contribution in [-0.2, 0) is 0 Å². The maximum Gasteiger partial charge on any atom is 0.203 e. The highest BCUT2D eigenvalue weighted by molar-refractivity contribution is 6.10. The monoisotopic (exact) mass is 402 g/mol. The predicted molar refractivity (Wildman–Crippen MR) is 118 cm³/mol. The van der Waals surface area contributed by atoms with E-state index in [0.29, 0.717) is 28.4 Å². The number of benzene rings is 3. The SMILES string of the molecule is COc1cc(C(=O)c2cccc(Nc3cc4ccccc4[nH]3)c2)cc(OC)c1OC. The quantitative estimate of drug-likeness (QED) is 0.417. The fraction of sp³-hybridized carbons (Fsp3) is 0.125. The minimum Gasteiger partial charge on any atom is -0.493 e. The van der Waals surface area contributed by atoms with Gasteiger partial charge in [-0.25, -0.2) is 0 Å². The van der Waals surface area contributed by atoms with Gasteiger partial charge in [-0.2, -0.15) is 0 Å². The van der Waals surface area contributed by atoms with Crippen molar-refractivity contribution in [3.63, 3.8) is 0 Å². The van der Waals surface area contributed by atoms with Crippen LogP contribution >= 0.6 is 0 Å². The van der Waals surface area contributed by atoms with E-state index in [-0.39, 0.29) is 5.78 Å². The molecule has 0 saturated heterocycles. The van der Waals surface area contributed by atoms with Gasteiger partial charge in [0.2, 0.25) is 5.75 Å². The van der Waals surface area contributed by atoms with Gasteiger partial charge in [0, 0.05) is 27.7 Å². The number of H-pyrrole nitrogens is 1. The molecule has 1 heterocycles. The van der Waals surface area contributed by atoms with Crippen molar-refractivity contribution in [3.05, 3.63) is 77.9 Å². The fourth-order valence-electron chi connectivity index (χ4n) is 3.41. The van der Waals surface area contributed by atoms with Gasteiger partial charge < -0.3 is 24.5 Å². The zero-order valence-corrected chi connectivity index (χ0v) is 17.0. The summed E-state index contributed by atoms with van der Waals surface area (Å²) in [5, 5.41) is 4.44. The highest BCUT2D eigenvalue weighted by atomic mass is 16.5. The molecule has 0 spiro atoms. The maximum atomic E-state index is 13.1. The number of carbonyl (C=O) groups is 1. The van der Waals surface area contributed by atoms with Crippen LogP contribution in [0.3, 0.4) is 0 Å². The summed E-state index contributed by atoms with van der Waals surface area (Å²) in [5.74, 6) is 2.04. The number of rotatable bonds is 7. The number of anilines is 2. The summed E-state index contributed by atoms with van der Waals surface area (Å²) in [6, 6.07) is 20.7. The van der Waals surface area contributed by atoms with Gasteiger partial charge in [0.25, 0.3) is 0 Å². The Hall–Kier alpha value is -3.93.